The first-order chi connectivity index (χ1) is 8.58. The van der Waals surface area contributed by atoms with Gasteiger partial charge in [-0.25, -0.2) is 0 Å². The molecule has 2 rings (SSSR count). The third kappa shape index (κ3) is 2.51. The van der Waals surface area contributed by atoms with Gasteiger partial charge in [-0.3, -0.25) is 4.79 Å². The molecule has 3 nitrogen and oxygen atoms in total. The van der Waals surface area contributed by atoms with Gasteiger partial charge >= 0.3 is 0 Å². The van der Waals surface area contributed by atoms with Gasteiger partial charge in [0.15, 0.2) is 0 Å². The molecule has 0 aromatic heterocycles. The number of carbonyl (C=O) groups excluding carboxylic acids is 1. The Labute approximate surface area is 106 Å². The second-order valence-electron chi connectivity index (χ2n) is 4.25. The first-order valence-electron chi connectivity index (χ1n) is 5.71. The highest BCUT2D eigenvalue weighted by molar-refractivity contribution is 6.05. The molecule has 18 heavy (non-hydrogen) atoms. The van der Waals surface area contributed by atoms with Gasteiger partial charge in [-0.05, 0) is 43.3 Å². The number of nitrogens with zero attached hydrogens (tertiary/aromatic N) is 1. The van der Waals surface area contributed by atoms with Crippen molar-refractivity contribution in [2.45, 2.75) is 6.92 Å². The lowest BCUT2D eigenvalue weighted by Gasteiger charge is -2.17. The van der Waals surface area contributed by atoms with Gasteiger partial charge in [0.2, 0.25) is 0 Å². The minimum Gasteiger partial charge on any atom is -0.508 e. The van der Waals surface area contributed by atoms with Gasteiger partial charge in [-0.1, -0.05) is 17.7 Å². The van der Waals surface area contributed by atoms with E-state index in [9.17, 15) is 9.90 Å². The van der Waals surface area contributed by atoms with Crippen molar-refractivity contribution in [2.24, 2.45) is 0 Å². The van der Waals surface area contributed by atoms with Crippen molar-refractivity contribution in [3.8, 4) is 5.75 Å². The molecule has 0 aliphatic carbocycles. The van der Waals surface area contributed by atoms with Gasteiger partial charge in [-0.15, -0.1) is 0 Å². The van der Waals surface area contributed by atoms with E-state index in [2.05, 4.69) is 0 Å². The van der Waals surface area contributed by atoms with Crippen LogP contribution in [-0.4, -0.2) is 18.1 Å². The van der Waals surface area contributed by atoms with Gasteiger partial charge in [0.05, 0.1) is 0 Å². The van der Waals surface area contributed by atoms with E-state index in [1.54, 1.807) is 42.3 Å². The molecule has 0 aliphatic heterocycles. The highest BCUT2D eigenvalue weighted by atomic mass is 16.3. The van der Waals surface area contributed by atoms with Crippen LogP contribution in [0.15, 0.2) is 48.5 Å². The van der Waals surface area contributed by atoms with Crippen LogP contribution in [0.4, 0.5) is 5.69 Å². The smallest absolute Gasteiger partial charge is 0.258 e. The summed E-state index contributed by atoms with van der Waals surface area (Å²) >= 11 is 0. The maximum Gasteiger partial charge on any atom is 0.258 e. The summed E-state index contributed by atoms with van der Waals surface area (Å²) in [6, 6.07) is 14.0. The van der Waals surface area contributed by atoms with Crippen LogP contribution in [0.25, 0.3) is 0 Å². The van der Waals surface area contributed by atoms with Crippen molar-refractivity contribution in [1.29, 1.82) is 0 Å². The van der Waals surface area contributed by atoms with Gasteiger partial charge in [-0.2, -0.15) is 0 Å². The Balaban J connectivity index is 2.26. The Bertz CT molecular complexity index is 561. The molecule has 0 saturated heterocycles. The number of hydrogen-bond donors (Lipinski definition) is 1. The standard InChI is InChI=1S/C15H15NO2/c1-11-4-3-5-12(10-11)15(18)16(2)13-6-8-14(17)9-7-13/h3-10,17H,1-2H3. The number of benzene rings is 2. The van der Waals surface area contributed by atoms with E-state index < -0.39 is 0 Å². The second-order valence-corrected chi connectivity index (χ2v) is 4.25. The molecule has 0 unspecified atom stereocenters. The van der Waals surface area contributed by atoms with Crippen molar-refractivity contribution in [1.82, 2.24) is 0 Å². The monoisotopic (exact) mass is 241 g/mol. The molecule has 0 radical (unpaired) electrons. The summed E-state index contributed by atoms with van der Waals surface area (Å²) in [6.45, 7) is 1.96. The molecule has 0 fully saturated rings. The first kappa shape index (κ1) is 12.2. The number of aromatic hydroxyl groups is 1. The van der Waals surface area contributed by atoms with Crippen molar-refractivity contribution >= 4 is 11.6 Å². The third-order valence-corrected chi connectivity index (χ3v) is 2.81. The molecule has 0 bridgehead atoms. The van der Waals surface area contributed by atoms with Crippen molar-refractivity contribution in [3.05, 3.63) is 59.7 Å². The van der Waals surface area contributed by atoms with Gasteiger partial charge in [0.1, 0.15) is 5.75 Å². The fraction of sp³-hybridized carbons (Fsp3) is 0.133. The van der Waals surface area contributed by atoms with E-state index in [1.165, 1.54) is 0 Å². The number of aryl methyl sites for hydroxylation is 1. The molecule has 3 heteroatoms. The fourth-order valence-electron chi connectivity index (χ4n) is 1.77. The van der Waals surface area contributed by atoms with Crippen LogP contribution in [0.2, 0.25) is 0 Å². The molecule has 0 atom stereocenters. The summed E-state index contributed by atoms with van der Waals surface area (Å²) in [5.74, 6) is 0.125. The zero-order valence-electron chi connectivity index (χ0n) is 10.4. The largest absolute Gasteiger partial charge is 0.508 e. The molecule has 2 aromatic carbocycles. The van der Waals surface area contributed by atoms with Gasteiger partial charge < -0.3 is 10.0 Å². The van der Waals surface area contributed by atoms with E-state index in [-0.39, 0.29) is 11.7 Å². The topological polar surface area (TPSA) is 40.5 Å². The Kier molecular flexibility index (Phi) is 3.33. The SMILES string of the molecule is Cc1cccc(C(=O)N(C)c2ccc(O)cc2)c1. The molecule has 92 valence electrons. The molecule has 0 saturated carbocycles. The van der Waals surface area contributed by atoms with E-state index in [0.29, 0.717) is 5.56 Å². The minimum absolute atomic E-state index is 0.0654. The Morgan fingerprint density at radius 2 is 1.78 bits per heavy atom. The van der Waals surface area contributed by atoms with Crippen LogP contribution < -0.4 is 4.90 Å². The van der Waals surface area contributed by atoms with Crippen LogP contribution in [-0.2, 0) is 0 Å². The second kappa shape index (κ2) is 4.92. The van der Waals surface area contributed by atoms with E-state index in [0.717, 1.165) is 11.3 Å². The fourth-order valence-corrected chi connectivity index (χ4v) is 1.77. The maximum atomic E-state index is 12.2. The summed E-state index contributed by atoms with van der Waals surface area (Å²) in [6.07, 6.45) is 0. The lowest BCUT2D eigenvalue weighted by Crippen LogP contribution is -2.26. The summed E-state index contributed by atoms with van der Waals surface area (Å²) in [5, 5.41) is 9.23. The predicted molar refractivity (Wildman–Crippen MR) is 72.0 cm³/mol. The number of anilines is 1. The number of rotatable bonds is 2. The van der Waals surface area contributed by atoms with E-state index in [1.807, 2.05) is 25.1 Å². The molecular weight excluding hydrogens is 226 g/mol. The molecule has 1 amide bonds. The molecule has 0 spiro atoms. The number of hydrogen-bond acceptors (Lipinski definition) is 2. The third-order valence-electron chi connectivity index (χ3n) is 2.81. The summed E-state index contributed by atoms with van der Waals surface area (Å²) in [7, 11) is 1.72. The lowest BCUT2D eigenvalue weighted by atomic mass is 10.1. The minimum atomic E-state index is -0.0654. The maximum absolute atomic E-state index is 12.2. The zero-order chi connectivity index (χ0) is 13.1. The van der Waals surface area contributed by atoms with Crippen LogP contribution in [0, 0.1) is 6.92 Å². The Hall–Kier alpha value is -2.29. The number of amides is 1. The molecule has 0 heterocycles. The quantitative estimate of drug-likeness (QED) is 0.878. The number of carbonyl (C=O) groups is 1. The van der Waals surface area contributed by atoms with Crippen LogP contribution in [0.5, 0.6) is 5.75 Å². The lowest BCUT2D eigenvalue weighted by molar-refractivity contribution is 0.0993. The summed E-state index contributed by atoms with van der Waals surface area (Å²) in [4.78, 5) is 13.8. The summed E-state index contributed by atoms with van der Waals surface area (Å²) < 4.78 is 0. The van der Waals surface area contributed by atoms with E-state index in [4.69, 9.17) is 0 Å². The molecule has 2 aromatic rings. The molecule has 0 aliphatic rings. The number of phenolic OH excluding ortho intramolecular Hbond substituents is 1. The first-order valence-corrected chi connectivity index (χ1v) is 5.71. The normalized spacial score (nSPS) is 10.1. The van der Waals surface area contributed by atoms with E-state index >= 15 is 0 Å². The number of phenols is 1. The van der Waals surface area contributed by atoms with Crippen molar-refractivity contribution in [2.75, 3.05) is 11.9 Å². The average Bonchev–Trinajstić information content (AvgIpc) is 2.38. The Morgan fingerprint density at radius 3 is 2.39 bits per heavy atom. The van der Waals surface area contributed by atoms with Crippen molar-refractivity contribution < 1.29 is 9.90 Å². The highest BCUT2D eigenvalue weighted by Crippen LogP contribution is 2.19. The van der Waals surface area contributed by atoms with Crippen molar-refractivity contribution in [3.63, 3.8) is 0 Å². The predicted octanol–water partition coefficient (Wildman–Crippen LogP) is 2.98. The molecular formula is C15H15NO2. The van der Waals surface area contributed by atoms with Gasteiger partial charge in [0, 0.05) is 18.3 Å². The summed E-state index contributed by atoms with van der Waals surface area (Å²) in [5.41, 5.74) is 2.46. The zero-order valence-corrected chi connectivity index (χ0v) is 10.4. The highest BCUT2D eigenvalue weighted by Gasteiger charge is 2.13. The molecule has 1 N–H and O–H groups in total. The Morgan fingerprint density at radius 1 is 1.11 bits per heavy atom. The van der Waals surface area contributed by atoms with Crippen LogP contribution >= 0.6 is 0 Å². The van der Waals surface area contributed by atoms with Crippen LogP contribution in [0.1, 0.15) is 15.9 Å². The van der Waals surface area contributed by atoms with Crippen LogP contribution in [0.3, 0.4) is 0 Å². The van der Waals surface area contributed by atoms with Gasteiger partial charge in [0.25, 0.3) is 5.91 Å². The average molecular weight is 241 g/mol.